The average molecular weight is 271 g/mol. The van der Waals surface area contributed by atoms with Crippen molar-refractivity contribution in [3.63, 3.8) is 0 Å². The smallest absolute Gasteiger partial charge is 0.0875 e. The molecule has 0 aliphatic rings. The topological polar surface area (TPSA) is 29.9 Å². The first-order chi connectivity index (χ1) is 9.67. The molecule has 0 saturated carbocycles. The molecule has 1 heterocycles. The van der Waals surface area contributed by atoms with E-state index < -0.39 is 0 Å². The Kier molecular flexibility index (Phi) is 4.96. The number of benzene rings is 1. The fraction of sp³-hybridized carbons (Fsp3) is 0.471. The lowest BCUT2D eigenvalue weighted by Crippen LogP contribution is -2.23. The predicted molar refractivity (Wildman–Crippen MR) is 85.8 cm³/mol. The third-order valence-corrected chi connectivity index (χ3v) is 3.75. The second kappa shape index (κ2) is 6.71. The van der Waals surface area contributed by atoms with Crippen molar-refractivity contribution >= 4 is 10.9 Å². The number of rotatable bonds is 7. The normalized spacial score (nSPS) is 12.8. The van der Waals surface area contributed by atoms with Crippen LogP contribution in [0.15, 0.2) is 36.4 Å². The van der Waals surface area contributed by atoms with Crippen LogP contribution in [0, 0.1) is 0 Å². The highest BCUT2D eigenvalue weighted by molar-refractivity contribution is 5.82. The maximum absolute atomic E-state index is 4.74. The number of aryl methyl sites for hydroxylation is 1. The van der Waals surface area contributed by atoms with Gasteiger partial charge in [-0.1, -0.05) is 44.2 Å². The van der Waals surface area contributed by atoms with Gasteiger partial charge in [0.1, 0.15) is 0 Å². The Labute approximate surface area is 121 Å². The van der Waals surface area contributed by atoms with Gasteiger partial charge >= 0.3 is 0 Å². The minimum absolute atomic E-state index is 0.258. The molecule has 0 radical (unpaired) electrons. The third kappa shape index (κ3) is 3.10. The fourth-order valence-corrected chi connectivity index (χ4v) is 2.52. The molecule has 108 valence electrons. The molecule has 1 N–H and O–H groups in total. The highest BCUT2D eigenvalue weighted by atomic mass is 15.3. The van der Waals surface area contributed by atoms with Gasteiger partial charge in [-0.3, -0.25) is 4.68 Å². The van der Waals surface area contributed by atoms with E-state index in [0.29, 0.717) is 0 Å². The molecule has 1 aromatic carbocycles. The van der Waals surface area contributed by atoms with Crippen LogP contribution in [0.1, 0.15) is 44.8 Å². The van der Waals surface area contributed by atoms with Gasteiger partial charge in [0, 0.05) is 12.4 Å². The van der Waals surface area contributed by atoms with E-state index in [2.05, 4.69) is 50.0 Å². The second-order valence-corrected chi connectivity index (χ2v) is 5.34. The summed E-state index contributed by atoms with van der Waals surface area (Å²) >= 11 is 0. The van der Waals surface area contributed by atoms with Crippen molar-refractivity contribution in [1.82, 2.24) is 15.1 Å². The van der Waals surface area contributed by atoms with Crippen molar-refractivity contribution in [2.75, 3.05) is 6.54 Å². The van der Waals surface area contributed by atoms with Gasteiger partial charge in [0.05, 0.1) is 17.3 Å². The summed E-state index contributed by atoms with van der Waals surface area (Å²) < 4.78 is 1.97. The summed E-state index contributed by atoms with van der Waals surface area (Å²) in [6.45, 7) is 9.52. The molecule has 2 aromatic rings. The van der Waals surface area contributed by atoms with Crippen LogP contribution < -0.4 is 5.32 Å². The molecule has 3 nitrogen and oxygen atoms in total. The molecule has 1 atom stereocenters. The quantitative estimate of drug-likeness (QED) is 0.772. The van der Waals surface area contributed by atoms with Gasteiger partial charge in [0.25, 0.3) is 0 Å². The molecule has 1 aromatic heterocycles. The zero-order chi connectivity index (χ0) is 14.5. The molecular weight excluding hydrogens is 246 g/mol. The molecule has 0 saturated heterocycles. The molecule has 2 rings (SSSR count). The van der Waals surface area contributed by atoms with E-state index in [0.717, 1.165) is 31.5 Å². The molecule has 1 unspecified atom stereocenters. The Morgan fingerprint density at radius 3 is 2.80 bits per heavy atom. The molecule has 0 bridgehead atoms. The Morgan fingerprint density at radius 1 is 1.35 bits per heavy atom. The minimum Gasteiger partial charge on any atom is -0.308 e. The lowest BCUT2D eigenvalue weighted by atomic mass is 10.0. The first-order valence-corrected chi connectivity index (χ1v) is 7.49. The van der Waals surface area contributed by atoms with Gasteiger partial charge in [0.15, 0.2) is 0 Å². The van der Waals surface area contributed by atoms with Crippen molar-refractivity contribution in [2.45, 2.75) is 39.2 Å². The zero-order valence-electron chi connectivity index (χ0n) is 12.8. The highest BCUT2D eigenvalue weighted by Gasteiger charge is 2.18. The number of fused-ring (bicyclic) bond motifs is 1. The van der Waals surface area contributed by atoms with Crippen LogP contribution in [0.2, 0.25) is 0 Å². The van der Waals surface area contributed by atoms with Crippen molar-refractivity contribution in [1.29, 1.82) is 0 Å². The van der Waals surface area contributed by atoms with E-state index in [1.165, 1.54) is 16.5 Å². The zero-order valence-corrected chi connectivity index (χ0v) is 12.8. The van der Waals surface area contributed by atoms with Crippen LogP contribution in [-0.2, 0) is 7.05 Å². The van der Waals surface area contributed by atoms with E-state index in [9.17, 15) is 0 Å². The summed E-state index contributed by atoms with van der Waals surface area (Å²) in [7, 11) is 2.01. The van der Waals surface area contributed by atoms with Crippen LogP contribution in [0.3, 0.4) is 0 Å². The monoisotopic (exact) mass is 271 g/mol. The third-order valence-electron chi connectivity index (χ3n) is 3.75. The van der Waals surface area contributed by atoms with Gasteiger partial charge < -0.3 is 5.32 Å². The van der Waals surface area contributed by atoms with Crippen LogP contribution in [0.5, 0.6) is 0 Å². The Hall–Kier alpha value is -1.61. The first-order valence-electron chi connectivity index (χ1n) is 7.49. The van der Waals surface area contributed by atoms with Crippen molar-refractivity contribution < 1.29 is 0 Å². The van der Waals surface area contributed by atoms with Gasteiger partial charge in [-0.15, -0.1) is 0 Å². The molecule has 0 aliphatic heterocycles. The van der Waals surface area contributed by atoms with E-state index in [1.54, 1.807) is 0 Å². The molecular formula is C17H25N3. The standard InChI is InChI=1S/C17H25N3/c1-5-11-18-15(12-13(3)6-2)17-14-9-7-8-10-16(14)20(4)19-17/h7-10,15,18H,3,5-6,11-12H2,1-2,4H3. The van der Waals surface area contributed by atoms with Crippen molar-refractivity contribution in [2.24, 2.45) is 7.05 Å². The summed E-state index contributed by atoms with van der Waals surface area (Å²) in [6.07, 6.45) is 3.10. The van der Waals surface area contributed by atoms with Crippen molar-refractivity contribution in [3.05, 3.63) is 42.1 Å². The Bertz CT molecular complexity index is 583. The number of hydrogen-bond acceptors (Lipinski definition) is 2. The largest absolute Gasteiger partial charge is 0.308 e. The summed E-state index contributed by atoms with van der Waals surface area (Å²) in [4.78, 5) is 0. The summed E-state index contributed by atoms with van der Waals surface area (Å²) in [5.74, 6) is 0. The maximum Gasteiger partial charge on any atom is 0.0875 e. The lowest BCUT2D eigenvalue weighted by molar-refractivity contribution is 0.508. The van der Waals surface area contributed by atoms with Crippen molar-refractivity contribution in [3.8, 4) is 0 Å². The van der Waals surface area contributed by atoms with Crippen LogP contribution in [-0.4, -0.2) is 16.3 Å². The number of hydrogen-bond donors (Lipinski definition) is 1. The SMILES string of the molecule is C=C(CC)CC(NCCC)c1nn(C)c2ccccc12. The summed E-state index contributed by atoms with van der Waals surface area (Å²) in [5, 5.41) is 9.61. The first kappa shape index (κ1) is 14.8. The van der Waals surface area contributed by atoms with Crippen LogP contribution in [0.25, 0.3) is 10.9 Å². The van der Waals surface area contributed by atoms with E-state index in [1.807, 2.05) is 11.7 Å². The second-order valence-electron chi connectivity index (χ2n) is 5.34. The van der Waals surface area contributed by atoms with Gasteiger partial charge in [0.2, 0.25) is 0 Å². The number of para-hydroxylation sites is 1. The van der Waals surface area contributed by atoms with E-state index in [-0.39, 0.29) is 6.04 Å². The lowest BCUT2D eigenvalue weighted by Gasteiger charge is -2.18. The Morgan fingerprint density at radius 2 is 2.10 bits per heavy atom. The van der Waals surface area contributed by atoms with E-state index in [4.69, 9.17) is 5.10 Å². The van der Waals surface area contributed by atoms with Crippen LogP contribution >= 0.6 is 0 Å². The predicted octanol–water partition coefficient (Wildman–Crippen LogP) is 3.97. The molecule has 0 aliphatic carbocycles. The number of nitrogens with one attached hydrogen (secondary N) is 1. The number of nitrogens with zero attached hydrogens (tertiary/aromatic N) is 2. The van der Waals surface area contributed by atoms with Gasteiger partial charge in [-0.2, -0.15) is 5.10 Å². The molecule has 3 heteroatoms. The molecule has 0 fully saturated rings. The highest BCUT2D eigenvalue weighted by Crippen LogP contribution is 2.27. The average Bonchev–Trinajstić information content (AvgIpc) is 2.81. The van der Waals surface area contributed by atoms with Gasteiger partial charge in [-0.05, 0) is 31.9 Å². The number of aromatic nitrogens is 2. The van der Waals surface area contributed by atoms with Crippen LogP contribution in [0.4, 0.5) is 0 Å². The molecule has 0 amide bonds. The van der Waals surface area contributed by atoms with Gasteiger partial charge in [-0.25, -0.2) is 0 Å². The maximum atomic E-state index is 4.74. The summed E-state index contributed by atoms with van der Waals surface area (Å²) in [5.41, 5.74) is 3.60. The molecule has 20 heavy (non-hydrogen) atoms. The van der Waals surface area contributed by atoms with E-state index >= 15 is 0 Å². The fourth-order valence-electron chi connectivity index (χ4n) is 2.52. The summed E-state index contributed by atoms with van der Waals surface area (Å²) in [6, 6.07) is 8.69. The molecule has 0 spiro atoms. The minimum atomic E-state index is 0.258. The Balaban J connectivity index is 2.36.